The van der Waals surface area contributed by atoms with E-state index in [-0.39, 0.29) is 0 Å². The molecule has 0 saturated heterocycles. The molecule has 24 heavy (non-hydrogen) atoms. The van der Waals surface area contributed by atoms with Crippen LogP contribution in [0.2, 0.25) is 0 Å². The smallest absolute Gasteiger partial charge is 0.123 e. The summed E-state index contributed by atoms with van der Waals surface area (Å²) in [5.41, 5.74) is 4.85. The van der Waals surface area contributed by atoms with Gasteiger partial charge in [-0.05, 0) is 41.5 Å². The molecule has 0 spiro atoms. The molecule has 0 unspecified atom stereocenters. The van der Waals surface area contributed by atoms with E-state index in [9.17, 15) is 5.11 Å². The Kier molecular flexibility index (Phi) is 7.36. The van der Waals surface area contributed by atoms with Crippen molar-refractivity contribution in [3.05, 3.63) is 53.6 Å². The fourth-order valence-electron chi connectivity index (χ4n) is 3.53. The van der Waals surface area contributed by atoms with Crippen LogP contribution in [0, 0.1) is 0 Å². The van der Waals surface area contributed by atoms with E-state index in [2.05, 4.69) is 39.0 Å². The van der Waals surface area contributed by atoms with Gasteiger partial charge in [0.05, 0.1) is 0 Å². The van der Waals surface area contributed by atoms with Crippen LogP contribution < -0.4 is 0 Å². The Hall–Kier alpha value is -1.76. The minimum absolute atomic E-state index is 0.400. The lowest BCUT2D eigenvalue weighted by molar-refractivity contribution is 0.475. The molecule has 0 amide bonds. The highest BCUT2D eigenvalue weighted by molar-refractivity contribution is 5.75. The summed E-state index contributed by atoms with van der Waals surface area (Å²) in [4.78, 5) is 0. The summed E-state index contributed by atoms with van der Waals surface area (Å²) in [5.74, 6) is 0.805. The zero-order valence-corrected chi connectivity index (χ0v) is 15.5. The quantitative estimate of drug-likeness (QED) is 0.488. The van der Waals surface area contributed by atoms with Gasteiger partial charge in [0.25, 0.3) is 0 Å². The van der Waals surface area contributed by atoms with E-state index in [1.807, 2.05) is 24.3 Å². The number of aromatic hydroxyl groups is 1. The predicted molar refractivity (Wildman–Crippen MR) is 105 cm³/mol. The molecule has 0 aliphatic heterocycles. The van der Waals surface area contributed by atoms with E-state index >= 15 is 0 Å². The summed E-state index contributed by atoms with van der Waals surface area (Å²) in [6.45, 7) is 6.72. The van der Waals surface area contributed by atoms with Crippen molar-refractivity contribution in [3.8, 4) is 16.9 Å². The topological polar surface area (TPSA) is 20.2 Å². The second-order valence-corrected chi connectivity index (χ2v) is 7.07. The third-order valence-corrected chi connectivity index (χ3v) is 4.75. The van der Waals surface area contributed by atoms with Gasteiger partial charge in [0.15, 0.2) is 0 Å². The Balaban J connectivity index is 2.20. The van der Waals surface area contributed by atoms with Crippen LogP contribution in [0.15, 0.2) is 42.5 Å². The first kappa shape index (κ1) is 18.6. The standard InChI is InChI=1S/C23H32O/c1-4-5-6-7-8-10-15-20-16-17-21(24)23(22(20)18(2)3)19-13-11-9-12-14-19/h9,11-14,16-18,24H,4-8,10,15H2,1-3H3. The first-order valence-corrected chi connectivity index (χ1v) is 9.55. The Labute approximate surface area is 147 Å². The van der Waals surface area contributed by atoms with Crippen molar-refractivity contribution in [2.75, 3.05) is 0 Å². The molecular formula is C23H32O. The van der Waals surface area contributed by atoms with E-state index in [0.717, 1.165) is 17.5 Å². The molecule has 0 fully saturated rings. The van der Waals surface area contributed by atoms with Gasteiger partial charge < -0.3 is 5.11 Å². The Morgan fingerprint density at radius 3 is 2.17 bits per heavy atom. The van der Waals surface area contributed by atoms with Crippen molar-refractivity contribution >= 4 is 0 Å². The normalized spacial score (nSPS) is 11.2. The number of aryl methyl sites for hydroxylation is 1. The molecule has 0 atom stereocenters. The maximum Gasteiger partial charge on any atom is 0.123 e. The van der Waals surface area contributed by atoms with Crippen molar-refractivity contribution in [1.29, 1.82) is 0 Å². The first-order chi connectivity index (χ1) is 11.6. The molecule has 0 saturated carbocycles. The fourth-order valence-corrected chi connectivity index (χ4v) is 3.53. The number of unbranched alkanes of at least 4 members (excludes halogenated alkanes) is 5. The van der Waals surface area contributed by atoms with Crippen molar-refractivity contribution in [2.24, 2.45) is 0 Å². The molecule has 1 N–H and O–H groups in total. The van der Waals surface area contributed by atoms with Gasteiger partial charge in [-0.25, -0.2) is 0 Å². The van der Waals surface area contributed by atoms with Crippen LogP contribution in [0.5, 0.6) is 5.75 Å². The van der Waals surface area contributed by atoms with Gasteiger partial charge in [0.2, 0.25) is 0 Å². The average molecular weight is 325 g/mol. The number of benzene rings is 2. The summed E-state index contributed by atoms with van der Waals surface area (Å²) < 4.78 is 0. The highest BCUT2D eigenvalue weighted by atomic mass is 16.3. The highest BCUT2D eigenvalue weighted by Crippen LogP contribution is 2.39. The predicted octanol–water partition coefficient (Wildman–Crippen LogP) is 7.09. The Bertz CT molecular complexity index is 613. The third kappa shape index (κ3) is 4.87. The van der Waals surface area contributed by atoms with Gasteiger partial charge >= 0.3 is 0 Å². The van der Waals surface area contributed by atoms with Gasteiger partial charge in [0.1, 0.15) is 5.75 Å². The van der Waals surface area contributed by atoms with E-state index < -0.39 is 0 Å². The van der Waals surface area contributed by atoms with E-state index in [1.54, 1.807) is 0 Å². The second-order valence-electron chi connectivity index (χ2n) is 7.07. The van der Waals surface area contributed by atoms with Crippen LogP contribution in [-0.4, -0.2) is 5.11 Å². The van der Waals surface area contributed by atoms with E-state index in [4.69, 9.17) is 0 Å². The van der Waals surface area contributed by atoms with Crippen LogP contribution in [0.4, 0.5) is 0 Å². The molecule has 0 bridgehead atoms. The summed E-state index contributed by atoms with van der Waals surface area (Å²) in [7, 11) is 0. The average Bonchev–Trinajstić information content (AvgIpc) is 2.59. The molecule has 2 aromatic carbocycles. The molecule has 1 heteroatoms. The molecule has 0 heterocycles. The molecule has 130 valence electrons. The monoisotopic (exact) mass is 324 g/mol. The third-order valence-electron chi connectivity index (χ3n) is 4.75. The van der Waals surface area contributed by atoms with Gasteiger partial charge in [0, 0.05) is 5.56 Å². The van der Waals surface area contributed by atoms with Crippen LogP contribution >= 0.6 is 0 Å². The molecule has 2 rings (SSSR count). The van der Waals surface area contributed by atoms with Crippen LogP contribution in [0.1, 0.15) is 76.3 Å². The minimum Gasteiger partial charge on any atom is -0.507 e. The van der Waals surface area contributed by atoms with Crippen LogP contribution in [0.3, 0.4) is 0 Å². The lowest BCUT2D eigenvalue weighted by Crippen LogP contribution is -2.01. The zero-order chi connectivity index (χ0) is 17.4. The lowest BCUT2D eigenvalue weighted by Gasteiger charge is -2.20. The highest BCUT2D eigenvalue weighted by Gasteiger charge is 2.17. The van der Waals surface area contributed by atoms with Crippen molar-refractivity contribution in [1.82, 2.24) is 0 Å². The molecule has 0 aliphatic rings. The number of phenols is 1. The van der Waals surface area contributed by atoms with Gasteiger partial charge in [-0.15, -0.1) is 0 Å². The van der Waals surface area contributed by atoms with Crippen LogP contribution in [0.25, 0.3) is 11.1 Å². The number of phenolic OH excluding ortho intramolecular Hbond substituents is 1. The molecule has 0 aromatic heterocycles. The number of hydrogen-bond donors (Lipinski definition) is 1. The number of rotatable bonds is 9. The molecule has 1 nitrogen and oxygen atoms in total. The van der Waals surface area contributed by atoms with Crippen LogP contribution in [-0.2, 0) is 6.42 Å². The van der Waals surface area contributed by atoms with Crippen molar-refractivity contribution < 1.29 is 5.11 Å². The Morgan fingerprint density at radius 2 is 1.50 bits per heavy atom. The fraction of sp³-hybridized carbons (Fsp3) is 0.478. The van der Waals surface area contributed by atoms with Gasteiger partial charge in [-0.1, -0.05) is 89.3 Å². The maximum atomic E-state index is 10.5. The largest absolute Gasteiger partial charge is 0.507 e. The number of hydrogen-bond acceptors (Lipinski definition) is 1. The maximum absolute atomic E-state index is 10.5. The minimum atomic E-state index is 0.400. The van der Waals surface area contributed by atoms with Crippen molar-refractivity contribution in [2.45, 2.75) is 71.6 Å². The zero-order valence-electron chi connectivity index (χ0n) is 15.5. The van der Waals surface area contributed by atoms with E-state index in [0.29, 0.717) is 11.7 Å². The van der Waals surface area contributed by atoms with Gasteiger partial charge in [-0.2, -0.15) is 0 Å². The molecule has 0 radical (unpaired) electrons. The molecule has 0 aliphatic carbocycles. The molecule has 2 aromatic rings. The lowest BCUT2D eigenvalue weighted by atomic mass is 9.86. The molecular weight excluding hydrogens is 292 g/mol. The van der Waals surface area contributed by atoms with Crippen molar-refractivity contribution in [3.63, 3.8) is 0 Å². The summed E-state index contributed by atoms with van der Waals surface area (Å²) >= 11 is 0. The van der Waals surface area contributed by atoms with E-state index in [1.165, 1.54) is 49.7 Å². The summed E-state index contributed by atoms with van der Waals surface area (Å²) in [5, 5.41) is 10.5. The first-order valence-electron chi connectivity index (χ1n) is 9.55. The van der Waals surface area contributed by atoms with Gasteiger partial charge in [-0.3, -0.25) is 0 Å². The Morgan fingerprint density at radius 1 is 0.833 bits per heavy atom. The SMILES string of the molecule is CCCCCCCCc1ccc(O)c(-c2ccccc2)c1C(C)C. The second kappa shape index (κ2) is 9.52. The summed E-state index contributed by atoms with van der Waals surface area (Å²) in [6, 6.07) is 14.3. The summed E-state index contributed by atoms with van der Waals surface area (Å²) in [6.07, 6.45) is 9.01.